The average Bonchev–Trinajstić information content (AvgIpc) is 2.73. The van der Waals surface area contributed by atoms with Crippen LogP contribution in [0, 0.1) is 5.82 Å². The summed E-state index contributed by atoms with van der Waals surface area (Å²) in [4.78, 5) is 32.2. The normalized spacial score (nSPS) is 15.0. The predicted octanol–water partition coefficient (Wildman–Crippen LogP) is 1.38. The summed E-state index contributed by atoms with van der Waals surface area (Å²) in [5, 5.41) is 0. The summed E-state index contributed by atoms with van der Waals surface area (Å²) < 4.78 is 40.3. The number of amides is 2. The second-order valence-electron chi connectivity index (χ2n) is 6.21. The smallest absolute Gasteiger partial charge is 0.272 e. The van der Waals surface area contributed by atoms with Crippen LogP contribution in [0.3, 0.4) is 0 Å². The van der Waals surface area contributed by atoms with Crippen LogP contribution >= 0.6 is 0 Å². The number of methoxy groups -OCH3 is 1. The van der Waals surface area contributed by atoms with Crippen molar-refractivity contribution >= 4 is 28.8 Å². The fourth-order valence-corrected chi connectivity index (χ4v) is 3.32. The van der Waals surface area contributed by atoms with Crippen molar-refractivity contribution in [1.82, 2.24) is 14.8 Å². The summed E-state index contributed by atoms with van der Waals surface area (Å²) in [5.74, 6) is -0.813. The molecular formula is C18H19FN4O5S. The summed E-state index contributed by atoms with van der Waals surface area (Å²) >= 11 is -2.26. The van der Waals surface area contributed by atoms with E-state index >= 15 is 0 Å². The van der Waals surface area contributed by atoms with Crippen LogP contribution in [0.2, 0.25) is 0 Å². The van der Waals surface area contributed by atoms with E-state index in [4.69, 9.17) is 9.29 Å². The molecule has 1 saturated heterocycles. The summed E-state index contributed by atoms with van der Waals surface area (Å²) in [6.45, 7) is 1.30. The third-order valence-electron chi connectivity index (χ3n) is 4.45. The molecule has 1 unspecified atom stereocenters. The lowest BCUT2D eigenvalue weighted by Crippen LogP contribution is -2.50. The fraction of sp³-hybridized carbons (Fsp3) is 0.278. The van der Waals surface area contributed by atoms with E-state index in [-0.39, 0.29) is 28.9 Å². The van der Waals surface area contributed by atoms with Gasteiger partial charge in [-0.05, 0) is 30.3 Å². The molecule has 9 nitrogen and oxygen atoms in total. The topological polar surface area (TPSA) is 112 Å². The predicted molar refractivity (Wildman–Crippen MR) is 103 cm³/mol. The van der Waals surface area contributed by atoms with Crippen molar-refractivity contribution in [3.63, 3.8) is 0 Å². The van der Waals surface area contributed by atoms with Gasteiger partial charge in [-0.15, -0.1) is 0 Å². The third kappa shape index (κ3) is 4.87. The highest BCUT2D eigenvalue weighted by Gasteiger charge is 2.26. The molecule has 0 aliphatic carbocycles. The number of pyridine rings is 1. The summed E-state index contributed by atoms with van der Waals surface area (Å²) in [6.07, 6.45) is 0.991. The Bertz CT molecular complexity index is 932. The number of benzene rings is 1. The SMILES string of the molecule is COc1cc(C(=O)N2CCN(C(=O)c3ccc(F)cn3)CC2)ccc1NS(=O)O. The first-order valence-electron chi connectivity index (χ1n) is 8.64. The molecule has 0 saturated carbocycles. The van der Waals surface area contributed by atoms with Crippen LogP contribution in [0.25, 0.3) is 0 Å². The molecule has 1 aliphatic rings. The van der Waals surface area contributed by atoms with E-state index in [1.807, 2.05) is 0 Å². The number of aromatic nitrogens is 1. The number of anilines is 1. The van der Waals surface area contributed by atoms with E-state index in [2.05, 4.69) is 9.71 Å². The number of hydrogen-bond acceptors (Lipinski definition) is 5. The molecule has 3 rings (SSSR count). The van der Waals surface area contributed by atoms with Gasteiger partial charge in [-0.2, -0.15) is 0 Å². The summed E-state index contributed by atoms with van der Waals surface area (Å²) in [5.41, 5.74) is 0.795. The Balaban J connectivity index is 1.64. The van der Waals surface area contributed by atoms with Crippen molar-refractivity contribution in [2.24, 2.45) is 0 Å². The number of nitrogens with zero attached hydrogens (tertiary/aromatic N) is 3. The first kappa shape index (κ1) is 20.7. The number of carbonyl (C=O) groups excluding carboxylic acids is 2. The zero-order valence-electron chi connectivity index (χ0n) is 15.5. The summed E-state index contributed by atoms with van der Waals surface area (Å²) in [6, 6.07) is 7.01. The molecule has 1 aromatic carbocycles. The number of piperazine rings is 1. The van der Waals surface area contributed by atoms with Gasteiger partial charge in [0, 0.05) is 31.7 Å². The van der Waals surface area contributed by atoms with E-state index < -0.39 is 17.1 Å². The van der Waals surface area contributed by atoms with Gasteiger partial charge in [-0.25, -0.2) is 13.6 Å². The molecule has 1 aromatic heterocycles. The Morgan fingerprint density at radius 3 is 2.34 bits per heavy atom. The molecule has 29 heavy (non-hydrogen) atoms. The number of nitrogens with one attached hydrogen (secondary N) is 1. The molecular weight excluding hydrogens is 403 g/mol. The summed E-state index contributed by atoms with van der Waals surface area (Å²) in [7, 11) is 1.39. The van der Waals surface area contributed by atoms with Crippen molar-refractivity contribution in [3.05, 3.63) is 53.6 Å². The maximum Gasteiger partial charge on any atom is 0.272 e. The van der Waals surface area contributed by atoms with Gasteiger partial charge in [0.15, 0.2) is 0 Å². The third-order valence-corrected chi connectivity index (χ3v) is 4.84. The number of rotatable bonds is 5. The molecule has 0 bridgehead atoms. The van der Waals surface area contributed by atoms with Crippen LogP contribution in [0.15, 0.2) is 36.5 Å². The second kappa shape index (κ2) is 8.97. The Labute approximate surface area is 168 Å². The van der Waals surface area contributed by atoms with Gasteiger partial charge >= 0.3 is 0 Å². The minimum atomic E-state index is -2.26. The molecule has 154 valence electrons. The molecule has 2 N–H and O–H groups in total. The molecule has 2 amide bonds. The van der Waals surface area contributed by atoms with Gasteiger partial charge < -0.3 is 14.5 Å². The first-order chi connectivity index (χ1) is 13.9. The Morgan fingerprint density at radius 1 is 1.14 bits per heavy atom. The van der Waals surface area contributed by atoms with Crippen LogP contribution in [-0.4, -0.2) is 68.6 Å². The van der Waals surface area contributed by atoms with E-state index in [0.717, 1.165) is 6.20 Å². The van der Waals surface area contributed by atoms with Crippen LogP contribution < -0.4 is 9.46 Å². The van der Waals surface area contributed by atoms with E-state index in [1.54, 1.807) is 9.80 Å². The quantitative estimate of drug-likeness (QED) is 0.704. The monoisotopic (exact) mass is 422 g/mol. The average molecular weight is 422 g/mol. The molecule has 0 spiro atoms. The number of halogens is 1. The maximum absolute atomic E-state index is 13.0. The molecule has 0 radical (unpaired) electrons. The number of hydrogen-bond donors (Lipinski definition) is 2. The lowest BCUT2D eigenvalue weighted by molar-refractivity contribution is 0.0532. The minimum absolute atomic E-state index is 0.153. The van der Waals surface area contributed by atoms with Crippen molar-refractivity contribution in [3.8, 4) is 5.75 Å². The Kier molecular flexibility index (Phi) is 6.39. The van der Waals surface area contributed by atoms with Gasteiger partial charge in [0.2, 0.25) is 0 Å². The van der Waals surface area contributed by atoms with Gasteiger partial charge in [-0.3, -0.25) is 18.9 Å². The fourth-order valence-electron chi connectivity index (χ4n) is 2.96. The molecule has 2 aromatic rings. The van der Waals surface area contributed by atoms with Gasteiger partial charge in [-0.1, -0.05) is 0 Å². The van der Waals surface area contributed by atoms with Crippen molar-refractivity contribution < 1.29 is 27.5 Å². The maximum atomic E-state index is 13.0. The molecule has 2 heterocycles. The molecule has 1 fully saturated rings. The van der Waals surface area contributed by atoms with Crippen molar-refractivity contribution in [1.29, 1.82) is 0 Å². The van der Waals surface area contributed by atoms with Crippen molar-refractivity contribution in [2.45, 2.75) is 0 Å². The van der Waals surface area contributed by atoms with E-state index in [0.29, 0.717) is 31.7 Å². The molecule has 1 atom stereocenters. The van der Waals surface area contributed by atoms with Gasteiger partial charge in [0.1, 0.15) is 17.3 Å². The zero-order chi connectivity index (χ0) is 21.0. The van der Waals surface area contributed by atoms with Gasteiger partial charge in [0.05, 0.1) is 19.0 Å². The van der Waals surface area contributed by atoms with Crippen LogP contribution in [0.4, 0.5) is 10.1 Å². The van der Waals surface area contributed by atoms with Crippen LogP contribution in [0.5, 0.6) is 5.75 Å². The number of carbonyl (C=O) groups is 2. The van der Waals surface area contributed by atoms with Crippen LogP contribution in [-0.2, 0) is 11.3 Å². The second-order valence-corrected chi connectivity index (χ2v) is 6.91. The molecule has 1 aliphatic heterocycles. The minimum Gasteiger partial charge on any atom is -0.495 e. The standard InChI is InChI=1S/C18H19FN4O5S/c1-28-16-10-12(2-4-14(16)21-29(26)27)17(24)22-6-8-23(9-7-22)18(25)15-5-3-13(19)11-20-15/h2-5,10-11,21H,6-9H2,1H3,(H,26,27). The number of ether oxygens (including phenoxy) is 1. The first-order valence-corrected chi connectivity index (χ1v) is 9.75. The van der Waals surface area contributed by atoms with E-state index in [1.165, 1.54) is 37.4 Å². The van der Waals surface area contributed by atoms with E-state index in [9.17, 15) is 18.2 Å². The Hall–Kier alpha value is -3.05. The Morgan fingerprint density at radius 2 is 1.79 bits per heavy atom. The van der Waals surface area contributed by atoms with Gasteiger partial charge in [0.25, 0.3) is 23.1 Å². The lowest BCUT2D eigenvalue weighted by atomic mass is 10.1. The zero-order valence-corrected chi connectivity index (χ0v) is 16.3. The molecule has 11 heteroatoms. The van der Waals surface area contributed by atoms with Crippen molar-refractivity contribution in [2.75, 3.05) is 38.0 Å². The highest BCUT2D eigenvalue weighted by atomic mass is 32.2. The van der Waals surface area contributed by atoms with Crippen LogP contribution in [0.1, 0.15) is 20.8 Å². The highest BCUT2D eigenvalue weighted by Crippen LogP contribution is 2.26. The highest BCUT2D eigenvalue weighted by molar-refractivity contribution is 7.80. The lowest BCUT2D eigenvalue weighted by Gasteiger charge is -2.34. The largest absolute Gasteiger partial charge is 0.495 e.